The van der Waals surface area contributed by atoms with Crippen molar-refractivity contribution in [3.63, 3.8) is 0 Å². The monoisotopic (exact) mass is 1560 g/mol. The van der Waals surface area contributed by atoms with Crippen molar-refractivity contribution in [3.05, 3.63) is 296 Å². The molecule has 4 bridgehead atoms. The Hall–Kier alpha value is -9.15. The first-order valence-electron chi connectivity index (χ1n) is 45.0. The number of hydrogen-bond acceptors (Lipinski definition) is 10. The molecule has 7 atom stereocenters. The van der Waals surface area contributed by atoms with Crippen molar-refractivity contribution in [3.8, 4) is 0 Å². The van der Waals surface area contributed by atoms with E-state index in [1.54, 1.807) is 5.56 Å². The predicted molar refractivity (Wildman–Crippen MR) is 484 cm³/mol. The fourth-order valence-corrected chi connectivity index (χ4v) is 27.6. The minimum absolute atomic E-state index is 0.0589. The summed E-state index contributed by atoms with van der Waals surface area (Å²) in [6.45, 7) is 47.2. The van der Waals surface area contributed by atoms with E-state index in [9.17, 15) is 0 Å². The summed E-state index contributed by atoms with van der Waals surface area (Å²) >= 11 is 0. The van der Waals surface area contributed by atoms with Crippen LogP contribution in [0.25, 0.3) is 0 Å². The Balaban J connectivity index is 0.000000101. The van der Waals surface area contributed by atoms with Gasteiger partial charge in [0.25, 0.3) is 0 Å². The smallest absolute Gasteiger partial charge is 0.0735 e. The van der Waals surface area contributed by atoms with Crippen molar-refractivity contribution in [1.82, 2.24) is 24.9 Å². The van der Waals surface area contributed by atoms with E-state index < -0.39 is 0 Å². The minimum atomic E-state index is -0.0708. The topological polar surface area (TPSA) is 80.7 Å². The van der Waals surface area contributed by atoms with Gasteiger partial charge < -0.3 is 24.5 Å². The molecule has 10 aromatic rings. The zero-order valence-electron chi connectivity index (χ0n) is 74.1. The van der Waals surface area contributed by atoms with Gasteiger partial charge in [-0.2, -0.15) is 0 Å². The van der Waals surface area contributed by atoms with Crippen molar-refractivity contribution < 1.29 is 0 Å². The van der Waals surface area contributed by atoms with Crippen LogP contribution in [0.4, 0.5) is 28.4 Å². The second-order valence-electron chi connectivity index (χ2n) is 40.5. The summed E-state index contributed by atoms with van der Waals surface area (Å²) in [5.41, 5.74) is 32.2. The molecule has 0 saturated heterocycles. The second kappa shape index (κ2) is 28.5. The third kappa shape index (κ3) is 11.1. The Morgan fingerprint density at radius 2 is 0.598 bits per heavy atom. The van der Waals surface area contributed by atoms with Crippen LogP contribution in [0.15, 0.2) is 201 Å². The molecule has 3 spiro atoms. The van der Waals surface area contributed by atoms with Gasteiger partial charge in [-0.05, 0) is 302 Å². The van der Waals surface area contributed by atoms with Gasteiger partial charge in [0.1, 0.15) is 0 Å². The highest BCUT2D eigenvalue weighted by atomic mass is 15.3. The maximum atomic E-state index is 4.62. The predicted octanol–water partition coefficient (Wildman–Crippen LogP) is 26.5. The van der Waals surface area contributed by atoms with Gasteiger partial charge in [-0.3, -0.25) is 24.9 Å². The van der Waals surface area contributed by atoms with Crippen LogP contribution in [-0.4, -0.2) is 24.9 Å². The van der Waals surface area contributed by atoms with Crippen molar-refractivity contribution in [2.75, 3.05) is 24.5 Å². The van der Waals surface area contributed by atoms with Crippen molar-refractivity contribution >= 4 is 28.4 Å². The zero-order valence-corrected chi connectivity index (χ0v) is 74.1. The van der Waals surface area contributed by atoms with Gasteiger partial charge in [-0.1, -0.05) is 178 Å². The molecule has 12 heterocycles. The number of pyridine rings is 5. The van der Waals surface area contributed by atoms with Gasteiger partial charge in [0.15, 0.2) is 0 Å². The standard InChI is InChI=1S/C24H28N2.2C22H28N2.C20H24N2.C19H22N2/c1-15-5-3-4-6-23(15)26-16(2)21-7-8-25-14-22(21)24(26)19-10-17-9-18(12-19)13-20(24)11-17;2*1-14-9-8-10-17-19(14)24-15(2)16-11-12-23-13-18(16)22(24,7)21(5,6)20(17,3)4;1-15-8-4-5-9-19(15)22-16(2)17-14-21-13-10-18(17)20(22)11-6-3-7-12-20;1-14-7-3-4-8-18(14)21-15(2)16-13-20-12-9-17(16)19(21)10-5-6-11-19/h3-8,14,16-20H,9-13H2,1-2H3;2*8-13,15H,1-7H3;4-5,8-10,13-14,16H,3,6-7,11-12H2,1-2H3;3-4,7-9,12-13,15H,5-6,10-11H2,1-2H3. The molecule has 5 aromatic carbocycles. The lowest BCUT2D eigenvalue weighted by Crippen LogP contribution is -2.62. The molecule has 6 aliphatic carbocycles. The van der Waals surface area contributed by atoms with Crippen LogP contribution in [0.5, 0.6) is 0 Å². The summed E-state index contributed by atoms with van der Waals surface area (Å²) in [5.74, 6) is 3.56. The fraction of sp³-hybridized carbons (Fsp3) is 0.486. The number of hydrogen-bond donors (Lipinski definition) is 0. The maximum Gasteiger partial charge on any atom is 0.0735 e. The lowest BCUT2D eigenvalue weighted by molar-refractivity contribution is -0.0603. The molecule has 10 nitrogen and oxygen atoms in total. The summed E-state index contributed by atoms with van der Waals surface area (Å²) < 4.78 is 0. The van der Waals surface area contributed by atoms with E-state index >= 15 is 0 Å². The van der Waals surface area contributed by atoms with Crippen molar-refractivity contribution in [1.29, 1.82) is 0 Å². The molecule has 608 valence electrons. The maximum absolute atomic E-state index is 4.62. The Morgan fingerprint density at radius 1 is 0.282 bits per heavy atom. The SMILES string of the molecule is Cc1cccc2c1N1C(C)c3ccncc3C1(C)C(C)(C)C2(C)C.Cc1cccc2c1N1C(C)c3ccncc3C1(C)C(C)(C)C2(C)C.Cc1ccccc1N1C(C)c2ccncc2C12C1CC3CC(C1)CC2C3.Cc1ccccc1N1C(C)c2cnccc2C12CCCC2.Cc1ccccc1N1C(C)c2cnccc2C12CCCCC2. The highest BCUT2D eigenvalue weighted by molar-refractivity contribution is 5.75. The van der Waals surface area contributed by atoms with E-state index in [1.165, 1.54) is 207 Å². The first-order chi connectivity index (χ1) is 56.0. The Kier molecular flexibility index (Phi) is 19.3. The summed E-state index contributed by atoms with van der Waals surface area (Å²) in [6, 6.07) is 53.5. The molecule has 0 amide bonds. The third-order valence-corrected chi connectivity index (χ3v) is 34.7. The van der Waals surface area contributed by atoms with Crippen LogP contribution < -0.4 is 24.5 Å². The number of aromatic nitrogens is 5. The quantitative estimate of drug-likeness (QED) is 0.171. The van der Waals surface area contributed by atoms with Crippen LogP contribution in [0, 0.1) is 69.1 Å². The third-order valence-electron chi connectivity index (χ3n) is 34.7. The van der Waals surface area contributed by atoms with Crippen molar-refractivity contribution in [2.24, 2.45) is 34.5 Å². The van der Waals surface area contributed by atoms with E-state index in [2.05, 4.69) is 358 Å². The van der Waals surface area contributed by atoms with Crippen molar-refractivity contribution in [2.45, 2.75) is 297 Å². The zero-order chi connectivity index (χ0) is 82.1. The second-order valence-corrected chi connectivity index (χ2v) is 40.5. The van der Waals surface area contributed by atoms with E-state index in [4.69, 9.17) is 0 Å². The van der Waals surface area contributed by atoms with Crippen LogP contribution in [0.3, 0.4) is 0 Å². The molecule has 6 saturated carbocycles. The molecular weight excluding hydrogens is 1430 g/mol. The minimum Gasteiger partial charge on any atom is -0.355 e. The number of anilines is 5. The summed E-state index contributed by atoms with van der Waals surface area (Å²) in [5, 5.41) is 0. The van der Waals surface area contributed by atoms with Gasteiger partial charge in [0.2, 0.25) is 0 Å². The summed E-state index contributed by atoms with van der Waals surface area (Å²) in [6.07, 6.45) is 39.4. The first kappa shape index (κ1) is 79.0. The average Bonchev–Trinajstić information content (AvgIpc) is 1.56. The molecule has 0 radical (unpaired) electrons. The highest BCUT2D eigenvalue weighted by Crippen LogP contribution is 2.72. The lowest BCUT2D eigenvalue weighted by Gasteiger charge is -2.64. The number of fused-ring (bicyclic) bond motifs is 15. The normalized spacial score (nSPS) is 29.1. The molecule has 0 N–H and O–H groups in total. The largest absolute Gasteiger partial charge is 0.355 e. The number of benzene rings is 5. The van der Waals surface area contributed by atoms with Crippen LogP contribution in [0.2, 0.25) is 0 Å². The van der Waals surface area contributed by atoms with Gasteiger partial charge in [-0.15, -0.1) is 0 Å². The number of aryl methyl sites for hydroxylation is 5. The number of para-hydroxylation sites is 5. The van der Waals surface area contributed by atoms with Gasteiger partial charge in [-0.25, -0.2) is 0 Å². The molecule has 10 heteroatoms. The van der Waals surface area contributed by atoms with E-state index in [0.29, 0.717) is 30.2 Å². The van der Waals surface area contributed by atoms with Gasteiger partial charge in [0.05, 0.1) is 57.9 Å². The molecule has 7 unspecified atom stereocenters. The summed E-state index contributed by atoms with van der Waals surface area (Å²) in [7, 11) is 0. The highest BCUT2D eigenvalue weighted by Gasteiger charge is 2.68. The van der Waals surface area contributed by atoms with E-state index in [-0.39, 0.29) is 49.4 Å². The van der Waals surface area contributed by atoms with Crippen LogP contribution in [-0.2, 0) is 38.5 Å². The number of rotatable bonds is 3. The van der Waals surface area contributed by atoms with E-state index in [0.717, 1.165) is 23.7 Å². The summed E-state index contributed by atoms with van der Waals surface area (Å²) in [4.78, 5) is 36.0. The molecule has 13 aliphatic rings. The van der Waals surface area contributed by atoms with Crippen LogP contribution >= 0.6 is 0 Å². The fourth-order valence-electron chi connectivity index (χ4n) is 27.6. The van der Waals surface area contributed by atoms with Gasteiger partial charge in [0, 0.05) is 118 Å². The molecule has 5 aromatic heterocycles. The Labute approximate surface area is 701 Å². The Morgan fingerprint density at radius 3 is 0.991 bits per heavy atom. The first-order valence-corrected chi connectivity index (χ1v) is 45.0. The number of nitrogens with zero attached hydrogens (tertiary/aromatic N) is 10. The lowest BCUT2D eigenvalue weighted by atomic mass is 9.47. The molecule has 6 fully saturated rings. The molecule has 117 heavy (non-hydrogen) atoms. The Bertz CT molecular complexity index is 5270. The molecular formula is C107H130N10. The van der Waals surface area contributed by atoms with E-state index in [1.807, 2.05) is 31.0 Å². The molecule has 23 rings (SSSR count). The molecule has 7 aliphatic heterocycles. The van der Waals surface area contributed by atoms with Gasteiger partial charge >= 0.3 is 0 Å². The average molecular weight is 1560 g/mol. The van der Waals surface area contributed by atoms with Crippen LogP contribution in [0.1, 0.15) is 319 Å².